The Balaban J connectivity index is 2.38. The fraction of sp³-hybridized carbons (Fsp3) is 0.250. The maximum Gasteiger partial charge on any atom is 0.128 e. The van der Waals surface area contributed by atoms with Crippen molar-refractivity contribution in [3.8, 4) is 0 Å². The summed E-state index contributed by atoms with van der Waals surface area (Å²) in [4.78, 5) is 0. The molecular formula is C16H17F2N. The molecule has 0 aliphatic rings. The van der Waals surface area contributed by atoms with E-state index in [1.807, 2.05) is 13.0 Å². The lowest BCUT2D eigenvalue weighted by Crippen LogP contribution is -2.24. The fourth-order valence-electron chi connectivity index (χ4n) is 2.09. The average Bonchev–Trinajstić information content (AvgIpc) is 2.41. The lowest BCUT2D eigenvalue weighted by molar-refractivity contribution is 0.543. The third kappa shape index (κ3) is 3.38. The second-order valence-corrected chi connectivity index (χ2v) is 4.46. The summed E-state index contributed by atoms with van der Waals surface area (Å²) in [6.45, 7) is 2.78. The highest BCUT2D eigenvalue weighted by atomic mass is 19.1. The molecule has 0 heterocycles. The molecule has 2 aromatic carbocycles. The topological polar surface area (TPSA) is 12.0 Å². The van der Waals surface area contributed by atoms with Crippen molar-refractivity contribution in [2.24, 2.45) is 0 Å². The zero-order valence-electron chi connectivity index (χ0n) is 10.9. The van der Waals surface area contributed by atoms with Crippen molar-refractivity contribution in [1.29, 1.82) is 0 Å². The first-order valence-electron chi connectivity index (χ1n) is 6.45. The van der Waals surface area contributed by atoms with E-state index in [2.05, 4.69) is 5.32 Å². The minimum Gasteiger partial charge on any atom is -0.306 e. The molecule has 0 fully saturated rings. The van der Waals surface area contributed by atoms with Crippen molar-refractivity contribution in [2.45, 2.75) is 19.4 Å². The Morgan fingerprint density at radius 2 is 1.84 bits per heavy atom. The molecule has 2 aromatic rings. The number of halogens is 2. The highest BCUT2D eigenvalue weighted by molar-refractivity contribution is 5.32. The van der Waals surface area contributed by atoms with Crippen LogP contribution in [0.2, 0.25) is 0 Å². The van der Waals surface area contributed by atoms with Crippen LogP contribution in [0.25, 0.3) is 0 Å². The van der Waals surface area contributed by atoms with E-state index in [9.17, 15) is 8.78 Å². The van der Waals surface area contributed by atoms with Crippen LogP contribution in [-0.2, 0) is 0 Å². The van der Waals surface area contributed by atoms with Gasteiger partial charge in [-0.2, -0.15) is 0 Å². The molecule has 2 rings (SSSR count). The minimum atomic E-state index is -0.322. The van der Waals surface area contributed by atoms with Crippen LogP contribution in [0.5, 0.6) is 0 Å². The van der Waals surface area contributed by atoms with Crippen LogP contribution in [0.4, 0.5) is 8.78 Å². The van der Waals surface area contributed by atoms with Crippen molar-refractivity contribution in [2.75, 3.05) is 6.54 Å². The smallest absolute Gasteiger partial charge is 0.128 e. The molecule has 0 spiro atoms. The summed E-state index contributed by atoms with van der Waals surface area (Å²) in [5.74, 6) is -0.586. The monoisotopic (exact) mass is 261 g/mol. The van der Waals surface area contributed by atoms with Crippen LogP contribution in [0, 0.1) is 11.6 Å². The van der Waals surface area contributed by atoms with Crippen LogP contribution in [0.3, 0.4) is 0 Å². The van der Waals surface area contributed by atoms with Gasteiger partial charge in [-0.15, -0.1) is 0 Å². The molecule has 100 valence electrons. The van der Waals surface area contributed by atoms with Crippen molar-refractivity contribution in [3.05, 3.63) is 71.3 Å². The third-order valence-corrected chi connectivity index (χ3v) is 3.00. The Labute approximate surface area is 112 Å². The maximum atomic E-state index is 13.9. The van der Waals surface area contributed by atoms with Gasteiger partial charge in [-0.05, 0) is 36.7 Å². The summed E-state index contributed by atoms with van der Waals surface area (Å²) in [5, 5.41) is 3.26. The standard InChI is InChI=1S/C16H17F2N/c1-2-10-19-16(12-6-5-7-13(17)11-12)14-8-3-4-9-15(14)18/h3-9,11,16,19H,2,10H2,1H3. The summed E-state index contributed by atoms with van der Waals surface area (Å²) < 4.78 is 27.3. The second kappa shape index (κ2) is 6.43. The van der Waals surface area contributed by atoms with E-state index in [1.54, 1.807) is 24.3 Å². The van der Waals surface area contributed by atoms with Gasteiger partial charge >= 0.3 is 0 Å². The number of benzene rings is 2. The quantitative estimate of drug-likeness (QED) is 0.856. The fourth-order valence-corrected chi connectivity index (χ4v) is 2.09. The molecule has 0 aliphatic heterocycles. The number of rotatable bonds is 5. The Hall–Kier alpha value is -1.74. The van der Waals surface area contributed by atoms with Gasteiger partial charge in [0.25, 0.3) is 0 Å². The van der Waals surface area contributed by atoms with E-state index in [-0.39, 0.29) is 17.7 Å². The molecule has 0 saturated carbocycles. The third-order valence-electron chi connectivity index (χ3n) is 3.00. The van der Waals surface area contributed by atoms with Crippen LogP contribution < -0.4 is 5.32 Å². The Morgan fingerprint density at radius 1 is 1.05 bits per heavy atom. The molecule has 0 bridgehead atoms. The average molecular weight is 261 g/mol. The first-order valence-corrected chi connectivity index (χ1v) is 6.45. The highest BCUT2D eigenvalue weighted by Crippen LogP contribution is 2.24. The molecule has 1 atom stereocenters. The molecule has 0 aliphatic carbocycles. The SMILES string of the molecule is CCCNC(c1cccc(F)c1)c1ccccc1F. The molecule has 0 saturated heterocycles. The zero-order valence-corrected chi connectivity index (χ0v) is 10.9. The zero-order chi connectivity index (χ0) is 13.7. The summed E-state index contributed by atoms with van der Waals surface area (Å²) in [5.41, 5.74) is 1.28. The van der Waals surface area contributed by atoms with Crippen LogP contribution >= 0.6 is 0 Å². The van der Waals surface area contributed by atoms with Crippen LogP contribution in [-0.4, -0.2) is 6.54 Å². The van der Waals surface area contributed by atoms with Gasteiger partial charge in [-0.25, -0.2) is 8.78 Å². The van der Waals surface area contributed by atoms with Gasteiger partial charge in [0, 0.05) is 5.56 Å². The van der Waals surface area contributed by atoms with E-state index >= 15 is 0 Å². The second-order valence-electron chi connectivity index (χ2n) is 4.46. The molecule has 1 N–H and O–H groups in total. The molecule has 0 amide bonds. The normalized spacial score (nSPS) is 12.4. The van der Waals surface area contributed by atoms with Crippen molar-refractivity contribution < 1.29 is 8.78 Å². The lowest BCUT2D eigenvalue weighted by Gasteiger charge is -2.20. The van der Waals surface area contributed by atoms with Gasteiger partial charge in [-0.1, -0.05) is 37.3 Å². The molecule has 0 aromatic heterocycles. The molecule has 3 heteroatoms. The van der Waals surface area contributed by atoms with Gasteiger partial charge in [0.2, 0.25) is 0 Å². The van der Waals surface area contributed by atoms with Crippen LogP contribution in [0.1, 0.15) is 30.5 Å². The first kappa shape index (κ1) is 13.7. The predicted octanol–water partition coefficient (Wildman–Crippen LogP) is 4.05. The van der Waals surface area contributed by atoms with Crippen molar-refractivity contribution in [1.82, 2.24) is 5.32 Å². The van der Waals surface area contributed by atoms with Crippen molar-refractivity contribution in [3.63, 3.8) is 0 Å². The number of hydrogen-bond acceptors (Lipinski definition) is 1. The largest absolute Gasteiger partial charge is 0.306 e. The summed E-state index contributed by atoms with van der Waals surface area (Å²) in [6, 6.07) is 12.6. The van der Waals surface area contributed by atoms with Crippen molar-refractivity contribution >= 4 is 0 Å². The van der Waals surface area contributed by atoms with E-state index in [0.29, 0.717) is 5.56 Å². The molecular weight excluding hydrogens is 244 g/mol. The van der Waals surface area contributed by atoms with E-state index in [0.717, 1.165) is 18.5 Å². The van der Waals surface area contributed by atoms with Gasteiger partial charge in [0.05, 0.1) is 6.04 Å². The highest BCUT2D eigenvalue weighted by Gasteiger charge is 2.17. The lowest BCUT2D eigenvalue weighted by atomic mass is 9.98. The summed E-state index contributed by atoms with van der Waals surface area (Å²) in [7, 11) is 0. The molecule has 19 heavy (non-hydrogen) atoms. The van der Waals surface area contributed by atoms with E-state index < -0.39 is 0 Å². The van der Waals surface area contributed by atoms with Gasteiger partial charge < -0.3 is 5.32 Å². The summed E-state index contributed by atoms with van der Waals surface area (Å²) >= 11 is 0. The maximum absolute atomic E-state index is 13.9. The van der Waals surface area contributed by atoms with E-state index in [1.165, 1.54) is 18.2 Å². The van der Waals surface area contributed by atoms with Gasteiger partial charge in [0.1, 0.15) is 11.6 Å². The molecule has 0 radical (unpaired) electrons. The van der Waals surface area contributed by atoms with Gasteiger partial charge in [-0.3, -0.25) is 0 Å². The number of hydrogen-bond donors (Lipinski definition) is 1. The number of nitrogens with one attached hydrogen (secondary N) is 1. The Morgan fingerprint density at radius 3 is 2.53 bits per heavy atom. The molecule has 1 unspecified atom stereocenters. The van der Waals surface area contributed by atoms with Crippen LogP contribution in [0.15, 0.2) is 48.5 Å². The predicted molar refractivity (Wildman–Crippen MR) is 72.9 cm³/mol. The first-order chi connectivity index (χ1) is 9.22. The summed E-state index contributed by atoms with van der Waals surface area (Å²) in [6.07, 6.45) is 0.931. The Bertz CT molecular complexity index is 540. The minimum absolute atomic E-state index is 0.277. The van der Waals surface area contributed by atoms with E-state index in [4.69, 9.17) is 0 Å². The van der Waals surface area contributed by atoms with Gasteiger partial charge in [0.15, 0.2) is 0 Å². The molecule has 1 nitrogen and oxygen atoms in total. The Kier molecular flexibility index (Phi) is 4.63.